The highest BCUT2D eigenvalue weighted by molar-refractivity contribution is 6.35. The largest absolute Gasteiger partial charge is 0.382 e. The van der Waals surface area contributed by atoms with Gasteiger partial charge in [0.1, 0.15) is 22.9 Å². The van der Waals surface area contributed by atoms with E-state index in [2.05, 4.69) is 25.4 Å². The van der Waals surface area contributed by atoms with Crippen LogP contribution in [0.3, 0.4) is 0 Å². The maximum absolute atomic E-state index is 5.87. The van der Waals surface area contributed by atoms with Crippen molar-refractivity contribution >= 4 is 17.4 Å². The van der Waals surface area contributed by atoms with E-state index in [0.717, 1.165) is 0 Å². The van der Waals surface area contributed by atoms with Crippen molar-refractivity contribution in [2.75, 3.05) is 5.73 Å². The fourth-order valence-electron chi connectivity index (χ4n) is 0.918. The minimum Gasteiger partial charge on any atom is -0.382 e. The second-order valence-electron chi connectivity index (χ2n) is 2.52. The van der Waals surface area contributed by atoms with Crippen LogP contribution in [0.5, 0.6) is 0 Å². The fraction of sp³-hybridized carbons (Fsp3) is 0.167. The van der Waals surface area contributed by atoms with Gasteiger partial charge >= 0.3 is 0 Å². The van der Waals surface area contributed by atoms with Gasteiger partial charge in [0.2, 0.25) is 5.82 Å². The summed E-state index contributed by atoms with van der Waals surface area (Å²) in [7, 11) is 1.65. The highest BCUT2D eigenvalue weighted by Crippen LogP contribution is 2.25. The first-order chi connectivity index (χ1) is 6.68. The molecule has 0 aliphatic carbocycles. The lowest BCUT2D eigenvalue weighted by Crippen LogP contribution is -1.97. The van der Waals surface area contributed by atoms with Crippen molar-refractivity contribution in [3.8, 4) is 11.5 Å². The van der Waals surface area contributed by atoms with Gasteiger partial charge in [0.05, 0.1) is 7.05 Å². The molecule has 2 rings (SSSR count). The topological polar surface area (TPSA) is 95.4 Å². The Bertz CT molecular complexity index is 465. The first kappa shape index (κ1) is 8.82. The molecule has 0 radical (unpaired) electrons. The lowest BCUT2D eigenvalue weighted by molar-refractivity contribution is 0.630. The second-order valence-corrected chi connectivity index (χ2v) is 2.90. The zero-order chi connectivity index (χ0) is 10.1. The lowest BCUT2D eigenvalue weighted by Gasteiger charge is -1.98. The third kappa shape index (κ3) is 1.37. The Labute approximate surface area is 83.9 Å². The van der Waals surface area contributed by atoms with Crippen LogP contribution >= 0.6 is 11.6 Å². The van der Waals surface area contributed by atoms with Crippen LogP contribution in [0.1, 0.15) is 0 Å². The SMILES string of the molecule is Cn1nnc(-c2ncnc(N)c2Cl)n1. The van der Waals surface area contributed by atoms with Crippen molar-refractivity contribution in [3.05, 3.63) is 11.3 Å². The average Bonchev–Trinajstić information content (AvgIpc) is 2.57. The zero-order valence-corrected chi connectivity index (χ0v) is 7.97. The average molecular weight is 212 g/mol. The Morgan fingerprint density at radius 2 is 2.21 bits per heavy atom. The van der Waals surface area contributed by atoms with E-state index in [1.54, 1.807) is 7.05 Å². The van der Waals surface area contributed by atoms with E-state index in [9.17, 15) is 0 Å². The Morgan fingerprint density at radius 1 is 1.43 bits per heavy atom. The maximum atomic E-state index is 5.87. The van der Waals surface area contributed by atoms with Gasteiger partial charge in [-0.15, -0.1) is 10.2 Å². The van der Waals surface area contributed by atoms with Crippen LogP contribution in [0.15, 0.2) is 6.33 Å². The molecule has 2 aromatic rings. The molecule has 0 bridgehead atoms. The van der Waals surface area contributed by atoms with Gasteiger partial charge in [-0.05, 0) is 5.21 Å². The van der Waals surface area contributed by atoms with E-state index >= 15 is 0 Å². The molecule has 0 aliphatic heterocycles. The summed E-state index contributed by atoms with van der Waals surface area (Å²) in [6.07, 6.45) is 1.30. The van der Waals surface area contributed by atoms with Crippen molar-refractivity contribution in [2.45, 2.75) is 0 Å². The second kappa shape index (κ2) is 3.18. The Kier molecular flexibility index (Phi) is 2.01. The molecule has 2 aromatic heterocycles. The number of tetrazole rings is 1. The predicted octanol–water partition coefficient (Wildman–Crippen LogP) is -0.0973. The third-order valence-electron chi connectivity index (χ3n) is 1.54. The van der Waals surface area contributed by atoms with Crippen LogP contribution in [-0.4, -0.2) is 30.2 Å². The van der Waals surface area contributed by atoms with Gasteiger partial charge < -0.3 is 5.73 Å². The maximum Gasteiger partial charge on any atom is 0.224 e. The van der Waals surface area contributed by atoms with Crippen molar-refractivity contribution in [1.29, 1.82) is 0 Å². The number of anilines is 1. The fourth-order valence-corrected chi connectivity index (χ4v) is 1.10. The molecule has 0 spiro atoms. The molecular weight excluding hydrogens is 206 g/mol. The summed E-state index contributed by atoms with van der Waals surface area (Å²) in [4.78, 5) is 8.95. The monoisotopic (exact) mass is 211 g/mol. The normalized spacial score (nSPS) is 10.4. The minimum absolute atomic E-state index is 0.198. The molecule has 0 aliphatic rings. The smallest absolute Gasteiger partial charge is 0.224 e. The molecule has 8 heteroatoms. The highest BCUT2D eigenvalue weighted by Gasteiger charge is 2.13. The van der Waals surface area contributed by atoms with E-state index in [-0.39, 0.29) is 10.8 Å². The summed E-state index contributed by atoms with van der Waals surface area (Å²) in [6.45, 7) is 0. The summed E-state index contributed by atoms with van der Waals surface area (Å²) < 4.78 is 0. The van der Waals surface area contributed by atoms with E-state index in [1.807, 2.05) is 0 Å². The number of aromatic nitrogens is 6. The molecule has 0 fully saturated rings. The highest BCUT2D eigenvalue weighted by atomic mass is 35.5. The quantitative estimate of drug-likeness (QED) is 0.708. The van der Waals surface area contributed by atoms with Crippen LogP contribution in [-0.2, 0) is 7.05 Å². The third-order valence-corrected chi connectivity index (χ3v) is 1.91. The van der Waals surface area contributed by atoms with Gasteiger partial charge in [-0.1, -0.05) is 11.6 Å². The number of hydrogen-bond donors (Lipinski definition) is 1. The van der Waals surface area contributed by atoms with Gasteiger partial charge in [0.25, 0.3) is 0 Å². The molecule has 0 aromatic carbocycles. The molecule has 7 nitrogen and oxygen atoms in total. The summed E-state index contributed by atoms with van der Waals surface area (Å²) in [6, 6.07) is 0. The molecule has 2 heterocycles. The molecule has 0 atom stereocenters. The van der Waals surface area contributed by atoms with Gasteiger partial charge in [-0.25, -0.2) is 9.97 Å². The van der Waals surface area contributed by atoms with Crippen LogP contribution in [0.2, 0.25) is 5.02 Å². The predicted molar refractivity (Wildman–Crippen MR) is 49.2 cm³/mol. The van der Waals surface area contributed by atoms with Crippen LogP contribution < -0.4 is 5.73 Å². The number of aryl methyl sites for hydroxylation is 1. The Balaban J connectivity index is 2.57. The zero-order valence-electron chi connectivity index (χ0n) is 7.22. The van der Waals surface area contributed by atoms with Gasteiger partial charge in [0, 0.05) is 0 Å². The summed E-state index contributed by atoms with van der Waals surface area (Å²) in [5, 5.41) is 11.6. The minimum atomic E-state index is 0.198. The standard InChI is InChI=1S/C6H6ClN7/c1-14-12-6(11-13-14)4-3(7)5(8)10-2-9-4/h2H,1H3,(H2,8,9,10). The van der Waals surface area contributed by atoms with Crippen LogP contribution in [0.4, 0.5) is 5.82 Å². The van der Waals surface area contributed by atoms with Crippen LogP contribution in [0.25, 0.3) is 11.5 Å². The molecule has 0 saturated carbocycles. The number of hydrogen-bond acceptors (Lipinski definition) is 6. The molecule has 2 N–H and O–H groups in total. The van der Waals surface area contributed by atoms with Crippen molar-refractivity contribution in [2.24, 2.45) is 7.05 Å². The number of nitrogens with two attached hydrogens (primary N) is 1. The molecule has 72 valence electrons. The van der Waals surface area contributed by atoms with E-state index < -0.39 is 0 Å². The Morgan fingerprint density at radius 3 is 2.86 bits per heavy atom. The van der Waals surface area contributed by atoms with Gasteiger partial charge in [-0.2, -0.15) is 4.80 Å². The van der Waals surface area contributed by atoms with Crippen molar-refractivity contribution < 1.29 is 0 Å². The van der Waals surface area contributed by atoms with E-state index in [4.69, 9.17) is 17.3 Å². The van der Waals surface area contributed by atoms with E-state index in [1.165, 1.54) is 11.1 Å². The number of nitrogen functional groups attached to an aromatic ring is 1. The molecule has 0 unspecified atom stereocenters. The Hall–Kier alpha value is -1.76. The molecular formula is C6H6ClN7. The lowest BCUT2D eigenvalue weighted by atomic mass is 10.4. The molecule has 0 saturated heterocycles. The summed E-state index contributed by atoms with van der Waals surface area (Å²) in [5.41, 5.74) is 5.88. The molecule has 14 heavy (non-hydrogen) atoms. The van der Waals surface area contributed by atoms with Crippen molar-refractivity contribution in [3.63, 3.8) is 0 Å². The summed E-state index contributed by atoms with van der Waals surface area (Å²) >= 11 is 5.87. The van der Waals surface area contributed by atoms with Crippen LogP contribution in [0, 0.1) is 0 Å². The number of halogens is 1. The number of rotatable bonds is 1. The van der Waals surface area contributed by atoms with E-state index in [0.29, 0.717) is 11.5 Å². The van der Waals surface area contributed by atoms with Gasteiger partial charge in [-0.3, -0.25) is 0 Å². The first-order valence-corrected chi connectivity index (χ1v) is 4.06. The first-order valence-electron chi connectivity index (χ1n) is 3.69. The van der Waals surface area contributed by atoms with Crippen molar-refractivity contribution in [1.82, 2.24) is 30.2 Å². The number of nitrogens with zero attached hydrogens (tertiary/aromatic N) is 6. The van der Waals surface area contributed by atoms with Gasteiger partial charge in [0.15, 0.2) is 0 Å². The summed E-state index contributed by atoms with van der Waals surface area (Å²) in [5.74, 6) is 0.524. The molecule has 0 amide bonds.